The van der Waals surface area contributed by atoms with Gasteiger partial charge >= 0.3 is 0 Å². The van der Waals surface area contributed by atoms with Crippen LogP contribution in [0.4, 0.5) is 0 Å². The summed E-state index contributed by atoms with van der Waals surface area (Å²) < 4.78 is 0. The SMILES string of the molecule is C=C=C=C=C=CCC. The lowest BCUT2D eigenvalue weighted by molar-refractivity contribution is 1.23. The standard InChI is InChI=1S/C8H8/c1-3-5-7-8-6-4-2/h6H,1,4H2,2H3. The molecule has 0 N–H and O–H groups in total. The lowest BCUT2D eigenvalue weighted by Gasteiger charge is -1.59. The van der Waals surface area contributed by atoms with E-state index in [4.69, 9.17) is 0 Å². The molecule has 0 nitrogen and oxygen atoms in total. The average Bonchev–Trinajstić information content (AvgIpc) is 1.81. The van der Waals surface area contributed by atoms with Crippen LogP contribution in [-0.4, -0.2) is 0 Å². The Morgan fingerprint density at radius 3 is 2.75 bits per heavy atom. The summed E-state index contributed by atoms with van der Waals surface area (Å²) in [5.41, 5.74) is 10.3. The highest BCUT2D eigenvalue weighted by Crippen LogP contribution is 1.71. The first-order valence-electron chi connectivity index (χ1n) is 2.51. The van der Waals surface area contributed by atoms with Crippen LogP contribution in [0, 0.1) is 0 Å². The summed E-state index contributed by atoms with van der Waals surface area (Å²) in [5, 5.41) is 0. The third-order valence-corrected chi connectivity index (χ3v) is 0.529. The Morgan fingerprint density at radius 2 is 2.25 bits per heavy atom. The van der Waals surface area contributed by atoms with Gasteiger partial charge in [-0.1, -0.05) is 18.4 Å². The molecule has 40 valence electrons. The number of hydrogen-bond donors (Lipinski definition) is 0. The molecule has 0 amide bonds. The molecule has 0 bridgehead atoms. The van der Waals surface area contributed by atoms with Gasteiger partial charge < -0.3 is 0 Å². The minimum Gasteiger partial charge on any atom is -0.0687 e. The lowest BCUT2D eigenvalue weighted by Crippen LogP contribution is -1.40. The smallest absolute Gasteiger partial charge is 0.0105 e. The third-order valence-electron chi connectivity index (χ3n) is 0.529. The molecule has 0 spiro atoms. The molecule has 0 aliphatic heterocycles. The van der Waals surface area contributed by atoms with Gasteiger partial charge in [0.25, 0.3) is 0 Å². The van der Waals surface area contributed by atoms with Crippen LogP contribution in [0.25, 0.3) is 0 Å². The second-order valence-electron chi connectivity index (χ2n) is 1.18. The Hall–Kier alpha value is -1.14. The van der Waals surface area contributed by atoms with E-state index in [1.165, 1.54) is 0 Å². The van der Waals surface area contributed by atoms with E-state index in [9.17, 15) is 0 Å². The largest absolute Gasteiger partial charge is 0.0687 e. The Morgan fingerprint density at radius 1 is 1.50 bits per heavy atom. The Kier molecular flexibility index (Phi) is 5.02. The lowest BCUT2D eigenvalue weighted by atomic mass is 10.5. The molecule has 0 aliphatic carbocycles. The van der Waals surface area contributed by atoms with Gasteiger partial charge in [0.05, 0.1) is 0 Å². The van der Waals surface area contributed by atoms with Crippen LogP contribution < -0.4 is 0 Å². The molecule has 0 saturated heterocycles. The highest BCUT2D eigenvalue weighted by atomic mass is 13.6. The van der Waals surface area contributed by atoms with Crippen LogP contribution in [0.1, 0.15) is 13.3 Å². The molecular weight excluding hydrogens is 96.1 g/mol. The number of allylic oxidation sites excluding steroid dienone is 1. The summed E-state index contributed by atoms with van der Waals surface area (Å²) in [6.45, 7) is 5.34. The van der Waals surface area contributed by atoms with Crippen molar-refractivity contribution in [2.75, 3.05) is 0 Å². The van der Waals surface area contributed by atoms with Gasteiger partial charge in [-0.25, -0.2) is 0 Å². The van der Waals surface area contributed by atoms with E-state index in [0.29, 0.717) is 0 Å². The maximum absolute atomic E-state index is 3.31. The molecule has 0 saturated carbocycles. The fourth-order valence-electron chi connectivity index (χ4n) is 0.233. The Labute approximate surface area is 49.8 Å². The van der Waals surface area contributed by atoms with E-state index in [1.54, 1.807) is 0 Å². The molecule has 0 aromatic rings. The Bertz CT molecular complexity index is 186. The van der Waals surface area contributed by atoms with Crippen LogP contribution in [0.5, 0.6) is 0 Å². The van der Waals surface area contributed by atoms with Gasteiger partial charge in [-0.2, -0.15) is 0 Å². The van der Waals surface area contributed by atoms with Crippen LogP contribution in [0.3, 0.4) is 0 Å². The fourth-order valence-corrected chi connectivity index (χ4v) is 0.233. The van der Waals surface area contributed by atoms with E-state index in [0.717, 1.165) is 6.42 Å². The maximum atomic E-state index is 3.31. The van der Waals surface area contributed by atoms with E-state index in [1.807, 2.05) is 13.0 Å². The van der Waals surface area contributed by atoms with Gasteiger partial charge in [-0.3, -0.25) is 0 Å². The van der Waals surface area contributed by atoms with Gasteiger partial charge in [-0.05, 0) is 30.5 Å². The Balaban J connectivity index is 4.23. The number of hydrogen-bond acceptors (Lipinski definition) is 0. The molecule has 0 unspecified atom stereocenters. The van der Waals surface area contributed by atoms with Crippen molar-refractivity contribution >= 4 is 0 Å². The van der Waals surface area contributed by atoms with E-state index >= 15 is 0 Å². The first-order chi connectivity index (χ1) is 3.91. The third kappa shape index (κ3) is 4.86. The molecule has 0 aromatic heterocycles. The molecule has 0 heterocycles. The van der Waals surface area contributed by atoms with Crippen molar-refractivity contribution in [3.8, 4) is 0 Å². The minimum atomic E-state index is 0.978. The van der Waals surface area contributed by atoms with E-state index < -0.39 is 0 Å². The summed E-state index contributed by atoms with van der Waals surface area (Å²) in [6, 6.07) is 0. The van der Waals surface area contributed by atoms with Gasteiger partial charge in [-0.15, -0.1) is 0 Å². The van der Waals surface area contributed by atoms with Crippen LogP contribution in [-0.2, 0) is 0 Å². The van der Waals surface area contributed by atoms with E-state index in [-0.39, 0.29) is 0 Å². The predicted octanol–water partition coefficient (Wildman–Crippen LogP) is 2.20. The molecule has 0 atom stereocenters. The predicted molar refractivity (Wildman–Crippen MR) is 34.5 cm³/mol. The van der Waals surface area contributed by atoms with Crippen molar-refractivity contribution in [3.05, 3.63) is 35.6 Å². The zero-order chi connectivity index (χ0) is 6.24. The average molecular weight is 104 g/mol. The zero-order valence-corrected chi connectivity index (χ0v) is 4.99. The van der Waals surface area contributed by atoms with Gasteiger partial charge in [0.15, 0.2) is 0 Å². The first kappa shape index (κ1) is 6.86. The van der Waals surface area contributed by atoms with Crippen molar-refractivity contribution < 1.29 is 0 Å². The number of rotatable bonds is 1. The highest BCUT2D eigenvalue weighted by Gasteiger charge is 1.52. The second kappa shape index (κ2) is 5.86. The molecule has 0 aromatic carbocycles. The maximum Gasteiger partial charge on any atom is -0.0105 e. The second-order valence-corrected chi connectivity index (χ2v) is 1.18. The highest BCUT2D eigenvalue weighted by molar-refractivity contribution is 4.85. The van der Waals surface area contributed by atoms with Crippen LogP contribution in [0.2, 0.25) is 0 Å². The van der Waals surface area contributed by atoms with Crippen molar-refractivity contribution in [1.29, 1.82) is 0 Å². The van der Waals surface area contributed by atoms with Crippen LogP contribution >= 0.6 is 0 Å². The summed E-state index contributed by atoms with van der Waals surface area (Å²) in [6.07, 6.45) is 2.84. The normalized spacial score (nSPS) is 5.12. The molecular formula is C8H8. The van der Waals surface area contributed by atoms with E-state index in [2.05, 4.69) is 29.5 Å². The summed E-state index contributed by atoms with van der Waals surface area (Å²) in [4.78, 5) is 0. The summed E-state index contributed by atoms with van der Waals surface area (Å²) in [7, 11) is 0. The quantitative estimate of drug-likeness (QED) is 0.447. The summed E-state index contributed by atoms with van der Waals surface area (Å²) >= 11 is 0. The molecule has 0 fully saturated rings. The first-order valence-corrected chi connectivity index (χ1v) is 2.51. The monoisotopic (exact) mass is 104 g/mol. The van der Waals surface area contributed by atoms with Crippen molar-refractivity contribution in [1.82, 2.24) is 0 Å². The zero-order valence-electron chi connectivity index (χ0n) is 4.99. The molecule has 0 rings (SSSR count). The molecule has 8 heavy (non-hydrogen) atoms. The molecule has 0 heteroatoms. The van der Waals surface area contributed by atoms with Crippen molar-refractivity contribution in [3.63, 3.8) is 0 Å². The fraction of sp³-hybridized carbons (Fsp3) is 0.250. The van der Waals surface area contributed by atoms with Crippen LogP contribution in [0.15, 0.2) is 35.6 Å². The van der Waals surface area contributed by atoms with Crippen molar-refractivity contribution in [2.45, 2.75) is 13.3 Å². The minimum absolute atomic E-state index is 0.978. The summed E-state index contributed by atoms with van der Waals surface area (Å²) in [5.74, 6) is 0. The van der Waals surface area contributed by atoms with Gasteiger partial charge in [0.2, 0.25) is 0 Å². The topological polar surface area (TPSA) is 0 Å². The molecule has 0 radical (unpaired) electrons. The molecule has 0 aliphatic rings. The van der Waals surface area contributed by atoms with Gasteiger partial charge in [0.1, 0.15) is 0 Å². The van der Waals surface area contributed by atoms with Gasteiger partial charge in [0, 0.05) is 0 Å². The van der Waals surface area contributed by atoms with Crippen molar-refractivity contribution in [2.24, 2.45) is 0 Å².